The first-order valence-corrected chi connectivity index (χ1v) is 12.6. The number of ether oxygens (including phenoxy) is 1. The van der Waals surface area contributed by atoms with Crippen LogP contribution < -0.4 is 0 Å². The summed E-state index contributed by atoms with van der Waals surface area (Å²) in [6.07, 6.45) is 1.02. The summed E-state index contributed by atoms with van der Waals surface area (Å²) >= 11 is 0. The van der Waals surface area contributed by atoms with E-state index in [4.69, 9.17) is 14.1 Å². The lowest BCUT2D eigenvalue weighted by Crippen LogP contribution is -2.57. The van der Waals surface area contributed by atoms with Crippen LogP contribution in [0.1, 0.15) is 58.9 Å². The molecule has 152 valence electrons. The van der Waals surface area contributed by atoms with Crippen molar-refractivity contribution in [3.05, 3.63) is 35.9 Å². The van der Waals surface area contributed by atoms with Gasteiger partial charge >= 0.3 is 5.97 Å². The molecule has 1 aliphatic heterocycles. The summed E-state index contributed by atoms with van der Waals surface area (Å²) in [7, 11) is -0.716. The Labute approximate surface area is 165 Å². The summed E-state index contributed by atoms with van der Waals surface area (Å²) < 4.78 is 11.5. The molecule has 1 aromatic rings. The van der Waals surface area contributed by atoms with Crippen LogP contribution in [0, 0.1) is 0 Å². The van der Waals surface area contributed by atoms with Gasteiger partial charge in [-0.15, -0.1) is 0 Å². The summed E-state index contributed by atoms with van der Waals surface area (Å²) in [5, 5.41) is 1.66. The lowest BCUT2D eigenvalue weighted by atomic mass is 9.80. The molecule has 6 heteroatoms. The summed E-state index contributed by atoms with van der Waals surface area (Å²) in [5.74, 6) is -0.146. The molecule has 0 spiro atoms. The maximum Gasteiger partial charge on any atom is 0.307 e. The van der Waals surface area contributed by atoms with Crippen molar-refractivity contribution in [2.24, 2.45) is 0 Å². The average molecular weight is 394 g/mol. The third-order valence-corrected chi connectivity index (χ3v) is 9.99. The Hall–Kier alpha value is -1.21. The predicted octanol–water partition coefficient (Wildman–Crippen LogP) is 5.05. The Balaban J connectivity index is 2.42. The zero-order valence-corrected chi connectivity index (χ0v) is 19.0. The molecule has 0 bridgehead atoms. The second kappa shape index (κ2) is 8.03. The van der Waals surface area contributed by atoms with Gasteiger partial charge in [-0.3, -0.25) is 9.63 Å². The van der Waals surface area contributed by atoms with Gasteiger partial charge in [0.25, 0.3) is 0 Å². The normalized spacial score (nSPS) is 23.9. The number of hydrogen-bond acceptors (Lipinski definition) is 5. The molecule has 27 heavy (non-hydrogen) atoms. The molecule has 1 unspecified atom stereocenters. The molecule has 0 aliphatic carbocycles. The number of hydrogen-bond donors (Lipinski definition) is 0. The van der Waals surface area contributed by atoms with Crippen LogP contribution in [0.2, 0.25) is 18.1 Å². The van der Waals surface area contributed by atoms with Gasteiger partial charge in [0.05, 0.1) is 25.2 Å². The lowest BCUT2D eigenvalue weighted by molar-refractivity contribution is -0.410. The maximum absolute atomic E-state index is 12.2. The van der Waals surface area contributed by atoms with Crippen molar-refractivity contribution in [3.63, 3.8) is 0 Å². The second-order valence-corrected chi connectivity index (χ2v) is 14.3. The molecule has 1 aliphatic rings. The van der Waals surface area contributed by atoms with Crippen LogP contribution in [0.5, 0.6) is 0 Å². The Morgan fingerprint density at radius 2 is 1.85 bits per heavy atom. The Kier molecular flexibility index (Phi) is 6.57. The van der Waals surface area contributed by atoms with Crippen LogP contribution in [-0.4, -0.2) is 38.3 Å². The van der Waals surface area contributed by atoms with E-state index in [9.17, 15) is 4.79 Å². The first-order chi connectivity index (χ1) is 12.4. The molecule has 0 aromatic heterocycles. The molecule has 2 rings (SSSR count). The van der Waals surface area contributed by atoms with Gasteiger partial charge in [-0.05, 0) is 44.0 Å². The van der Waals surface area contributed by atoms with Gasteiger partial charge in [-0.1, -0.05) is 56.3 Å². The molecule has 0 N–H and O–H groups in total. The summed E-state index contributed by atoms with van der Waals surface area (Å²) in [5.41, 5.74) is 0.793. The van der Waals surface area contributed by atoms with Gasteiger partial charge in [0.1, 0.15) is 0 Å². The van der Waals surface area contributed by atoms with Crippen molar-refractivity contribution in [1.29, 1.82) is 0 Å². The van der Waals surface area contributed by atoms with Crippen molar-refractivity contribution in [2.45, 2.75) is 83.2 Å². The number of rotatable bonds is 5. The molecular formula is C21H35NO4Si. The molecule has 0 saturated carbocycles. The van der Waals surface area contributed by atoms with Gasteiger partial charge in [-0.25, -0.2) is 0 Å². The highest BCUT2D eigenvalue weighted by molar-refractivity contribution is 6.74. The minimum Gasteiger partial charge on any atom is -0.469 e. The van der Waals surface area contributed by atoms with E-state index >= 15 is 0 Å². The first kappa shape index (κ1) is 22.1. The predicted molar refractivity (Wildman–Crippen MR) is 110 cm³/mol. The Bertz CT molecular complexity index is 639. The SMILES string of the molecule is COC(=O)CC1[C@@H](c2ccccc2)CC(C)(C)ON1O[Si](C)(C)C(C)(C)C. The molecule has 5 nitrogen and oxygen atoms in total. The fourth-order valence-corrected chi connectivity index (χ4v) is 4.02. The van der Waals surface area contributed by atoms with E-state index in [0.29, 0.717) is 0 Å². The molecular weight excluding hydrogens is 358 g/mol. The largest absolute Gasteiger partial charge is 0.469 e. The molecule has 1 heterocycles. The quantitative estimate of drug-likeness (QED) is 0.517. The number of carbonyl (C=O) groups is 1. The smallest absolute Gasteiger partial charge is 0.307 e. The summed E-state index contributed by atoms with van der Waals surface area (Å²) in [4.78, 5) is 18.4. The Morgan fingerprint density at radius 1 is 1.26 bits per heavy atom. The highest BCUT2D eigenvalue weighted by Crippen LogP contribution is 2.44. The first-order valence-electron chi connectivity index (χ1n) is 9.65. The minimum atomic E-state index is -2.14. The fourth-order valence-electron chi connectivity index (χ4n) is 3.12. The topological polar surface area (TPSA) is 48.0 Å². The monoisotopic (exact) mass is 393 g/mol. The number of nitrogens with zero attached hydrogens (tertiary/aromatic N) is 1. The summed E-state index contributed by atoms with van der Waals surface area (Å²) in [6.45, 7) is 15.1. The van der Waals surface area contributed by atoms with Gasteiger partial charge < -0.3 is 9.26 Å². The van der Waals surface area contributed by atoms with Gasteiger partial charge in [-0.2, -0.15) is 0 Å². The van der Waals surface area contributed by atoms with E-state index in [1.54, 1.807) is 5.23 Å². The van der Waals surface area contributed by atoms with Gasteiger partial charge in [0.2, 0.25) is 8.32 Å². The lowest BCUT2D eigenvalue weighted by Gasteiger charge is -2.50. The zero-order chi connectivity index (χ0) is 20.5. The number of carbonyl (C=O) groups excluding carboxylic acids is 1. The molecule has 0 radical (unpaired) electrons. The number of esters is 1. The van der Waals surface area contributed by atoms with E-state index in [0.717, 1.165) is 6.42 Å². The number of benzene rings is 1. The second-order valence-electron chi connectivity index (χ2n) is 9.56. The van der Waals surface area contributed by atoms with Crippen LogP contribution in [0.25, 0.3) is 0 Å². The van der Waals surface area contributed by atoms with E-state index in [-0.39, 0.29) is 29.4 Å². The number of methoxy groups -OCH3 is 1. The molecule has 0 amide bonds. The van der Waals surface area contributed by atoms with Crippen LogP contribution in [0.3, 0.4) is 0 Å². The number of hydroxylamine groups is 2. The average Bonchev–Trinajstić information content (AvgIpc) is 2.55. The van der Waals surface area contributed by atoms with Crippen LogP contribution in [-0.2, 0) is 18.9 Å². The van der Waals surface area contributed by atoms with Crippen molar-refractivity contribution < 1.29 is 18.9 Å². The van der Waals surface area contributed by atoms with Crippen LogP contribution in [0.15, 0.2) is 30.3 Å². The van der Waals surface area contributed by atoms with E-state index in [1.165, 1.54) is 12.7 Å². The van der Waals surface area contributed by atoms with Crippen LogP contribution in [0.4, 0.5) is 0 Å². The maximum atomic E-state index is 12.2. The van der Waals surface area contributed by atoms with Crippen LogP contribution >= 0.6 is 0 Å². The fraction of sp³-hybridized carbons (Fsp3) is 0.667. The minimum absolute atomic E-state index is 0.0238. The third-order valence-electron chi connectivity index (χ3n) is 5.74. The molecule has 2 atom stereocenters. The van der Waals surface area contributed by atoms with E-state index in [2.05, 4.69) is 59.8 Å². The van der Waals surface area contributed by atoms with Crippen molar-refractivity contribution >= 4 is 14.3 Å². The van der Waals surface area contributed by atoms with Gasteiger partial charge in [0.15, 0.2) is 0 Å². The van der Waals surface area contributed by atoms with Crippen molar-refractivity contribution in [1.82, 2.24) is 5.23 Å². The molecule has 1 fully saturated rings. The molecule has 1 saturated heterocycles. The van der Waals surface area contributed by atoms with Gasteiger partial charge in [0, 0.05) is 5.92 Å². The van der Waals surface area contributed by atoms with E-state index < -0.39 is 13.9 Å². The standard InChI is InChI=1S/C21H35NO4Si/c1-20(2,3)27(7,8)26-22-18(14-19(23)24-6)17(15-21(4,5)25-22)16-12-10-9-11-13-16/h9-13,17-18H,14-15H2,1-8H3/t17-,18?/m1/s1. The molecule has 1 aromatic carbocycles. The van der Waals surface area contributed by atoms with Crippen molar-refractivity contribution in [2.75, 3.05) is 7.11 Å². The zero-order valence-electron chi connectivity index (χ0n) is 18.0. The highest BCUT2D eigenvalue weighted by Gasteiger charge is 2.48. The van der Waals surface area contributed by atoms with Crippen molar-refractivity contribution in [3.8, 4) is 0 Å². The highest BCUT2D eigenvalue weighted by atomic mass is 28.4. The third kappa shape index (κ3) is 5.41. The Morgan fingerprint density at radius 3 is 2.37 bits per heavy atom. The summed E-state index contributed by atoms with van der Waals surface area (Å²) in [6, 6.07) is 10.1. The van der Waals surface area contributed by atoms with E-state index in [1.807, 2.05) is 18.2 Å².